The van der Waals surface area contributed by atoms with Gasteiger partial charge >= 0.3 is 0 Å². The number of carbonyl (C=O) groups excluding carboxylic acids is 1. The third-order valence-electron chi connectivity index (χ3n) is 3.22. The Morgan fingerprint density at radius 3 is 2.71 bits per heavy atom. The van der Waals surface area contributed by atoms with E-state index in [-0.39, 0.29) is 22.3 Å². The van der Waals surface area contributed by atoms with E-state index in [1.807, 2.05) is 0 Å². The van der Waals surface area contributed by atoms with Gasteiger partial charge in [0.15, 0.2) is 5.76 Å². The minimum absolute atomic E-state index is 0.0977. The zero-order valence-electron chi connectivity index (χ0n) is 12.1. The van der Waals surface area contributed by atoms with Crippen LogP contribution in [0.15, 0.2) is 63.6 Å². The van der Waals surface area contributed by atoms with Gasteiger partial charge in [0.25, 0.3) is 5.69 Å². The Balaban J connectivity index is 1.81. The zero-order chi connectivity index (χ0) is 17.1. The van der Waals surface area contributed by atoms with Crippen LogP contribution in [0, 0.1) is 10.1 Å². The second-order valence-electron chi connectivity index (χ2n) is 4.80. The Kier molecular flexibility index (Phi) is 4.31. The van der Waals surface area contributed by atoms with Crippen molar-refractivity contribution < 1.29 is 18.6 Å². The highest BCUT2D eigenvalue weighted by atomic mass is 35.5. The van der Waals surface area contributed by atoms with Crippen molar-refractivity contribution in [2.45, 2.75) is 0 Å². The van der Waals surface area contributed by atoms with Gasteiger partial charge in [-0.15, -0.1) is 0 Å². The molecule has 3 aromatic rings. The fourth-order valence-electron chi connectivity index (χ4n) is 2.06. The van der Waals surface area contributed by atoms with E-state index in [2.05, 4.69) is 0 Å². The summed E-state index contributed by atoms with van der Waals surface area (Å²) >= 11 is 6.06. The Morgan fingerprint density at radius 1 is 1.21 bits per heavy atom. The topological polar surface area (TPSA) is 86.5 Å². The van der Waals surface area contributed by atoms with Gasteiger partial charge in [0.1, 0.15) is 11.5 Å². The van der Waals surface area contributed by atoms with Crippen LogP contribution in [0.4, 0.5) is 5.69 Å². The van der Waals surface area contributed by atoms with E-state index in [0.29, 0.717) is 17.1 Å². The van der Waals surface area contributed by atoms with Crippen molar-refractivity contribution >= 4 is 29.1 Å². The first kappa shape index (κ1) is 15.8. The molecule has 0 aliphatic rings. The van der Waals surface area contributed by atoms with E-state index in [9.17, 15) is 14.9 Å². The predicted molar refractivity (Wildman–Crippen MR) is 87.9 cm³/mol. The maximum absolute atomic E-state index is 11.8. The van der Waals surface area contributed by atoms with Crippen molar-refractivity contribution in [1.82, 2.24) is 0 Å². The lowest BCUT2D eigenvalue weighted by Crippen LogP contribution is -1.89. The Bertz CT molecular complexity index is 924. The number of halogens is 1. The summed E-state index contributed by atoms with van der Waals surface area (Å²) in [5, 5.41) is 10.9. The van der Waals surface area contributed by atoms with Crippen LogP contribution in [0.3, 0.4) is 0 Å². The van der Waals surface area contributed by atoms with E-state index in [0.717, 1.165) is 0 Å². The number of nitrogens with zero attached hydrogens (tertiary/aromatic N) is 1. The average molecular weight is 344 g/mol. The summed E-state index contributed by atoms with van der Waals surface area (Å²) < 4.78 is 10.6. The second-order valence-corrected chi connectivity index (χ2v) is 5.21. The molecule has 0 amide bonds. The van der Waals surface area contributed by atoms with E-state index in [1.165, 1.54) is 36.6 Å². The molecule has 0 N–H and O–H groups in total. The molecule has 120 valence electrons. The molecule has 0 fully saturated rings. The minimum atomic E-state index is -0.522. The second kappa shape index (κ2) is 6.55. The number of nitro benzene ring substituents is 1. The molecule has 2 heterocycles. The highest BCUT2D eigenvalue weighted by Crippen LogP contribution is 2.32. The highest BCUT2D eigenvalue weighted by Gasteiger charge is 2.13. The van der Waals surface area contributed by atoms with Crippen LogP contribution in [0.2, 0.25) is 5.02 Å². The maximum Gasteiger partial charge on any atom is 0.270 e. The third kappa shape index (κ3) is 3.28. The molecule has 0 unspecified atom stereocenters. The average Bonchev–Trinajstić information content (AvgIpc) is 3.24. The van der Waals surface area contributed by atoms with Crippen molar-refractivity contribution in [3.63, 3.8) is 0 Å². The predicted octanol–water partition coefficient (Wildman–Crippen LogP) is 5.00. The summed E-state index contributed by atoms with van der Waals surface area (Å²) in [6.45, 7) is 0. The number of ketones is 1. The van der Waals surface area contributed by atoms with Gasteiger partial charge in [0.05, 0.1) is 16.2 Å². The molecule has 7 heteroatoms. The summed E-state index contributed by atoms with van der Waals surface area (Å²) in [5.74, 6) is 0.835. The molecule has 6 nitrogen and oxygen atoms in total. The van der Waals surface area contributed by atoms with Crippen LogP contribution < -0.4 is 0 Å². The quantitative estimate of drug-likeness (QED) is 0.281. The third-order valence-corrected chi connectivity index (χ3v) is 3.53. The van der Waals surface area contributed by atoms with Gasteiger partial charge < -0.3 is 8.83 Å². The summed E-state index contributed by atoms with van der Waals surface area (Å²) in [6, 6.07) is 10.7. The fourth-order valence-corrected chi connectivity index (χ4v) is 2.33. The number of hydrogen-bond acceptors (Lipinski definition) is 5. The SMILES string of the molecule is O=C(/C=C/c1ccc(-c2ccc([N+](=O)[O-])cc2Cl)o1)c1ccco1. The van der Waals surface area contributed by atoms with Crippen molar-refractivity contribution in [3.05, 3.63) is 81.5 Å². The smallest absolute Gasteiger partial charge is 0.270 e. The van der Waals surface area contributed by atoms with Crippen LogP contribution in [-0.4, -0.2) is 10.7 Å². The van der Waals surface area contributed by atoms with E-state index < -0.39 is 4.92 Å². The lowest BCUT2D eigenvalue weighted by molar-refractivity contribution is -0.384. The van der Waals surface area contributed by atoms with Gasteiger partial charge in [-0.2, -0.15) is 0 Å². The summed E-state index contributed by atoms with van der Waals surface area (Å²) in [7, 11) is 0. The molecule has 0 spiro atoms. The zero-order valence-corrected chi connectivity index (χ0v) is 12.9. The molecule has 3 rings (SSSR count). The summed E-state index contributed by atoms with van der Waals surface area (Å²) in [5.41, 5.74) is 0.429. The van der Waals surface area contributed by atoms with Gasteiger partial charge in [-0.3, -0.25) is 14.9 Å². The molecule has 0 saturated carbocycles. The molecule has 0 saturated heterocycles. The molecule has 0 radical (unpaired) electrons. The Hall–Kier alpha value is -3.12. The molecule has 0 atom stereocenters. The largest absolute Gasteiger partial charge is 0.461 e. The van der Waals surface area contributed by atoms with Gasteiger partial charge in [-0.1, -0.05) is 11.6 Å². The lowest BCUT2D eigenvalue weighted by Gasteiger charge is -2.00. The molecule has 1 aromatic carbocycles. The normalized spacial score (nSPS) is 11.0. The Labute approximate surface area is 141 Å². The number of furan rings is 2. The van der Waals surface area contributed by atoms with Crippen LogP contribution in [-0.2, 0) is 0 Å². The fraction of sp³-hybridized carbons (Fsp3) is 0. The molecule has 0 bridgehead atoms. The van der Waals surface area contributed by atoms with Crippen LogP contribution in [0.1, 0.15) is 16.3 Å². The van der Waals surface area contributed by atoms with Gasteiger partial charge in [-0.05, 0) is 42.5 Å². The maximum atomic E-state index is 11.8. The molecule has 0 aliphatic heterocycles. The van der Waals surface area contributed by atoms with Crippen LogP contribution >= 0.6 is 11.6 Å². The minimum Gasteiger partial charge on any atom is -0.461 e. The molecule has 24 heavy (non-hydrogen) atoms. The number of benzene rings is 1. The number of nitro groups is 1. The van der Waals surface area contributed by atoms with Gasteiger partial charge in [-0.25, -0.2) is 0 Å². The van der Waals surface area contributed by atoms with Crippen molar-refractivity contribution in [1.29, 1.82) is 0 Å². The van der Waals surface area contributed by atoms with Crippen molar-refractivity contribution in [2.75, 3.05) is 0 Å². The first-order valence-corrected chi connectivity index (χ1v) is 7.22. The number of carbonyl (C=O) groups is 1. The summed E-state index contributed by atoms with van der Waals surface area (Å²) in [6.07, 6.45) is 4.26. The molecular weight excluding hydrogens is 334 g/mol. The number of rotatable bonds is 5. The highest BCUT2D eigenvalue weighted by molar-refractivity contribution is 6.33. The monoisotopic (exact) mass is 343 g/mol. The van der Waals surface area contributed by atoms with Gasteiger partial charge in [0.2, 0.25) is 5.78 Å². The van der Waals surface area contributed by atoms with Crippen LogP contribution in [0.5, 0.6) is 0 Å². The van der Waals surface area contributed by atoms with E-state index in [4.69, 9.17) is 20.4 Å². The van der Waals surface area contributed by atoms with Crippen molar-refractivity contribution in [2.24, 2.45) is 0 Å². The van der Waals surface area contributed by atoms with Crippen LogP contribution in [0.25, 0.3) is 17.4 Å². The molecular formula is C17H10ClNO5. The Morgan fingerprint density at radius 2 is 2.04 bits per heavy atom. The first-order valence-electron chi connectivity index (χ1n) is 6.84. The number of hydrogen-bond donors (Lipinski definition) is 0. The van der Waals surface area contributed by atoms with E-state index >= 15 is 0 Å². The molecule has 2 aromatic heterocycles. The molecule has 0 aliphatic carbocycles. The summed E-state index contributed by atoms with van der Waals surface area (Å²) in [4.78, 5) is 22.0. The van der Waals surface area contributed by atoms with Crippen molar-refractivity contribution in [3.8, 4) is 11.3 Å². The lowest BCUT2D eigenvalue weighted by atomic mass is 10.1. The number of allylic oxidation sites excluding steroid dienone is 1. The van der Waals surface area contributed by atoms with Gasteiger partial charge in [0, 0.05) is 17.7 Å². The first-order chi connectivity index (χ1) is 11.5. The standard InChI is InChI=1S/C17H10ClNO5/c18-14-10-11(19(21)22)3-6-13(14)16-8-5-12(24-16)4-7-15(20)17-2-1-9-23-17/h1-10H/b7-4+. The number of non-ortho nitro benzene ring substituents is 1. The van der Waals surface area contributed by atoms with E-state index in [1.54, 1.807) is 24.3 Å².